The molecule has 2 aromatic carbocycles. The third-order valence-corrected chi connectivity index (χ3v) is 5.93. The van der Waals surface area contributed by atoms with Crippen molar-refractivity contribution in [3.63, 3.8) is 0 Å². The van der Waals surface area contributed by atoms with E-state index in [4.69, 9.17) is 9.73 Å². The molecule has 4 rings (SSSR count). The first kappa shape index (κ1) is 20.3. The van der Waals surface area contributed by atoms with Crippen LogP contribution in [0.15, 0.2) is 58.4 Å². The molecule has 0 saturated carbocycles. The molecule has 2 aromatic rings. The number of rotatable bonds is 5. The molecular formula is C22H21N3O4S. The molecule has 7 nitrogen and oxygen atoms in total. The normalized spacial score (nSPS) is 21.7. The fraction of sp³-hybridized carbons (Fsp3) is 0.273. The second-order valence-electron chi connectivity index (χ2n) is 7.24. The number of thioether (sulfide) groups is 1. The smallest absolute Gasteiger partial charge is 0.269 e. The van der Waals surface area contributed by atoms with E-state index in [0.29, 0.717) is 16.6 Å². The van der Waals surface area contributed by atoms with E-state index in [1.54, 1.807) is 23.1 Å². The average molecular weight is 423 g/mol. The zero-order valence-electron chi connectivity index (χ0n) is 16.5. The summed E-state index contributed by atoms with van der Waals surface area (Å²) in [5.41, 5.74) is 2.63. The maximum absolute atomic E-state index is 13.1. The molecule has 1 unspecified atom stereocenters. The van der Waals surface area contributed by atoms with Crippen LogP contribution in [0.2, 0.25) is 0 Å². The first-order chi connectivity index (χ1) is 14.5. The minimum Gasteiger partial charge on any atom is -0.376 e. The van der Waals surface area contributed by atoms with Crippen molar-refractivity contribution in [1.29, 1.82) is 0 Å². The number of hydrogen-bond donors (Lipinski definition) is 0. The Morgan fingerprint density at radius 2 is 2.10 bits per heavy atom. The van der Waals surface area contributed by atoms with Crippen LogP contribution in [0.4, 0.5) is 11.4 Å². The second-order valence-corrected chi connectivity index (χ2v) is 8.25. The van der Waals surface area contributed by atoms with Gasteiger partial charge < -0.3 is 4.74 Å². The van der Waals surface area contributed by atoms with E-state index < -0.39 is 4.92 Å². The lowest BCUT2D eigenvalue weighted by Crippen LogP contribution is -2.36. The lowest BCUT2D eigenvalue weighted by molar-refractivity contribution is -0.384. The summed E-state index contributed by atoms with van der Waals surface area (Å²) in [7, 11) is 0. The zero-order chi connectivity index (χ0) is 21.1. The van der Waals surface area contributed by atoms with Crippen molar-refractivity contribution >= 4 is 40.3 Å². The molecule has 0 aromatic heterocycles. The van der Waals surface area contributed by atoms with Crippen LogP contribution in [0.1, 0.15) is 24.0 Å². The molecular weight excluding hydrogens is 402 g/mol. The highest BCUT2D eigenvalue weighted by atomic mass is 32.2. The first-order valence-electron chi connectivity index (χ1n) is 9.72. The zero-order valence-corrected chi connectivity index (χ0v) is 17.3. The van der Waals surface area contributed by atoms with Crippen molar-refractivity contribution in [3.8, 4) is 0 Å². The van der Waals surface area contributed by atoms with Gasteiger partial charge in [-0.3, -0.25) is 19.8 Å². The number of nitrogens with zero attached hydrogens (tertiary/aromatic N) is 3. The molecule has 2 saturated heterocycles. The number of amides is 1. The van der Waals surface area contributed by atoms with Crippen LogP contribution in [-0.2, 0) is 9.53 Å². The van der Waals surface area contributed by atoms with Crippen LogP contribution < -0.4 is 0 Å². The third kappa shape index (κ3) is 4.60. The van der Waals surface area contributed by atoms with E-state index in [-0.39, 0.29) is 17.7 Å². The SMILES string of the molecule is Cc1cccc(N=C2SC(=Cc3ccc([N+](=O)[O-])cc3)C(=O)N2CC2CCCO2)c1. The van der Waals surface area contributed by atoms with Gasteiger partial charge in [0.1, 0.15) is 0 Å². The topological polar surface area (TPSA) is 85.0 Å². The van der Waals surface area contributed by atoms with Crippen LogP contribution in [0.25, 0.3) is 6.08 Å². The van der Waals surface area contributed by atoms with Gasteiger partial charge in [0.05, 0.1) is 28.2 Å². The molecule has 2 heterocycles. The largest absolute Gasteiger partial charge is 0.376 e. The van der Waals surface area contributed by atoms with Crippen LogP contribution >= 0.6 is 11.8 Å². The number of carbonyl (C=O) groups excluding carboxylic acids is 1. The van der Waals surface area contributed by atoms with Crippen LogP contribution in [0.3, 0.4) is 0 Å². The molecule has 30 heavy (non-hydrogen) atoms. The number of aliphatic imine (C=N–C) groups is 1. The molecule has 0 bridgehead atoms. The predicted molar refractivity (Wildman–Crippen MR) is 118 cm³/mol. The number of nitro groups is 1. The molecule has 0 spiro atoms. The van der Waals surface area contributed by atoms with E-state index in [9.17, 15) is 14.9 Å². The summed E-state index contributed by atoms with van der Waals surface area (Å²) >= 11 is 1.31. The fourth-order valence-electron chi connectivity index (χ4n) is 3.40. The minimum atomic E-state index is -0.442. The number of hydrogen-bond acceptors (Lipinski definition) is 6. The van der Waals surface area contributed by atoms with Crippen molar-refractivity contribution in [3.05, 3.63) is 74.7 Å². The van der Waals surface area contributed by atoms with Gasteiger partial charge >= 0.3 is 0 Å². The monoisotopic (exact) mass is 423 g/mol. The van der Waals surface area contributed by atoms with Gasteiger partial charge in [0.25, 0.3) is 11.6 Å². The number of amidine groups is 1. The average Bonchev–Trinajstić information content (AvgIpc) is 3.33. The number of benzene rings is 2. The lowest BCUT2D eigenvalue weighted by atomic mass is 10.2. The van der Waals surface area contributed by atoms with E-state index in [2.05, 4.69) is 0 Å². The Morgan fingerprint density at radius 1 is 1.30 bits per heavy atom. The highest BCUT2D eigenvalue weighted by molar-refractivity contribution is 8.18. The fourth-order valence-corrected chi connectivity index (χ4v) is 4.40. The highest BCUT2D eigenvalue weighted by Gasteiger charge is 2.35. The lowest BCUT2D eigenvalue weighted by Gasteiger charge is -2.19. The third-order valence-electron chi connectivity index (χ3n) is 4.93. The van der Waals surface area contributed by atoms with Crippen molar-refractivity contribution in [2.75, 3.05) is 13.2 Å². The summed E-state index contributed by atoms with van der Waals surface area (Å²) in [6, 6.07) is 14.0. The van der Waals surface area contributed by atoms with Gasteiger partial charge in [-0.1, -0.05) is 12.1 Å². The number of ether oxygens (including phenoxy) is 1. The number of aryl methyl sites for hydroxylation is 1. The molecule has 2 aliphatic rings. The summed E-state index contributed by atoms with van der Waals surface area (Å²) in [4.78, 5) is 30.5. The summed E-state index contributed by atoms with van der Waals surface area (Å²) in [5.74, 6) is -0.125. The molecule has 0 radical (unpaired) electrons. The quantitative estimate of drug-likeness (QED) is 0.396. The van der Waals surface area contributed by atoms with E-state index in [1.807, 2.05) is 31.2 Å². The molecule has 1 atom stereocenters. The van der Waals surface area contributed by atoms with Crippen LogP contribution in [0, 0.1) is 17.0 Å². The Morgan fingerprint density at radius 3 is 2.77 bits per heavy atom. The van der Waals surface area contributed by atoms with Gasteiger partial charge in [0.2, 0.25) is 0 Å². The van der Waals surface area contributed by atoms with Gasteiger partial charge in [-0.25, -0.2) is 4.99 Å². The second kappa shape index (κ2) is 8.81. The summed E-state index contributed by atoms with van der Waals surface area (Å²) in [6.07, 6.45) is 3.68. The van der Waals surface area contributed by atoms with E-state index in [1.165, 1.54) is 23.9 Å². The predicted octanol–water partition coefficient (Wildman–Crippen LogP) is 4.69. The van der Waals surface area contributed by atoms with Crippen molar-refractivity contribution in [1.82, 2.24) is 4.90 Å². The Kier molecular flexibility index (Phi) is 5.96. The molecule has 154 valence electrons. The molecule has 2 fully saturated rings. The van der Waals surface area contributed by atoms with Crippen LogP contribution in [-0.4, -0.2) is 40.2 Å². The summed E-state index contributed by atoms with van der Waals surface area (Å²) in [6.45, 7) is 3.18. The van der Waals surface area contributed by atoms with Gasteiger partial charge in [-0.05, 0) is 73.0 Å². The Balaban J connectivity index is 1.64. The summed E-state index contributed by atoms with van der Waals surface area (Å²) < 4.78 is 5.73. The Hall–Kier alpha value is -2.97. The highest BCUT2D eigenvalue weighted by Crippen LogP contribution is 2.35. The number of carbonyl (C=O) groups is 1. The molecule has 0 N–H and O–H groups in total. The molecule has 2 aliphatic heterocycles. The van der Waals surface area contributed by atoms with Crippen LogP contribution in [0.5, 0.6) is 0 Å². The molecule has 1 amide bonds. The maximum atomic E-state index is 13.1. The first-order valence-corrected chi connectivity index (χ1v) is 10.5. The Bertz CT molecular complexity index is 1030. The number of nitro benzene ring substituents is 1. The number of non-ortho nitro benzene ring substituents is 1. The standard InChI is InChI=1S/C22H21N3O4S/c1-15-4-2-5-17(12-15)23-22-24(14-19-6-3-11-29-19)21(26)20(30-22)13-16-7-9-18(10-8-16)25(27)28/h2,4-5,7-10,12-13,19H,3,6,11,14H2,1H3. The van der Waals surface area contributed by atoms with Gasteiger partial charge in [0, 0.05) is 18.7 Å². The maximum Gasteiger partial charge on any atom is 0.269 e. The molecule has 0 aliphatic carbocycles. The minimum absolute atomic E-state index is 0.0102. The van der Waals surface area contributed by atoms with Gasteiger partial charge in [-0.15, -0.1) is 0 Å². The van der Waals surface area contributed by atoms with Crippen molar-refractivity contribution in [2.45, 2.75) is 25.9 Å². The van der Waals surface area contributed by atoms with Gasteiger partial charge in [-0.2, -0.15) is 0 Å². The summed E-state index contributed by atoms with van der Waals surface area (Å²) in [5, 5.41) is 11.5. The van der Waals surface area contributed by atoms with Crippen molar-refractivity contribution < 1.29 is 14.5 Å². The van der Waals surface area contributed by atoms with Gasteiger partial charge in [0.15, 0.2) is 5.17 Å². The van der Waals surface area contributed by atoms with E-state index >= 15 is 0 Å². The van der Waals surface area contributed by atoms with Crippen molar-refractivity contribution in [2.24, 2.45) is 4.99 Å². The van der Waals surface area contributed by atoms with E-state index in [0.717, 1.165) is 36.3 Å². The molecule has 8 heteroatoms. The Labute approximate surface area is 178 Å².